The molecule has 2 aromatic rings. The number of hydrogen-bond donors (Lipinski definition) is 0. The molecule has 0 radical (unpaired) electrons. The molecule has 2 aromatic carbocycles. The van der Waals surface area contributed by atoms with Crippen molar-refractivity contribution in [3.05, 3.63) is 41.7 Å². The van der Waals surface area contributed by atoms with Gasteiger partial charge in [0.2, 0.25) is 0 Å². The molecule has 0 N–H and O–H groups in total. The van der Waals surface area contributed by atoms with Gasteiger partial charge in [0, 0.05) is 5.39 Å². The summed E-state index contributed by atoms with van der Waals surface area (Å²) in [5.41, 5.74) is 0.914. The molecule has 1 saturated carbocycles. The highest BCUT2D eigenvalue weighted by Crippen LogP contribution is 2.40. The van der Waals surface area contributed by atoms with E-state index in [0.29, 0.717) is 12.5 Å². The number of benzene rings is 2. The molecule has 124 valence electrons. The van der Waals surface area contributed by atoms with Crippen LogP contribution < -0.4 is 4.74 Å². The highest BCUT2D eigenvalue weighted by Gasteiger charge is 2.24. The molecule has 0 bridgehead atoms. The van der Waals surface area contributed by atoms with Crippen molar-refractivity contribution in [3.63, 3.8) is 0 Å². The molecular formula is C21H27FO. The number of halogens is 1. The molecule has 0 saturated heterocycles. The van der Waals surface area contributed by atoms with Gasteiger partial charge in [0.05, 0.1) is 6.61 Å². The molecule has 0 unspecified atom stereocenters. The standard InChI is InChI=1S/C21H27FO/c1-3-5-15-6-8-16(9-7-15)19-12-10-17-14-18(23-4-2)11-13-20(17)21(19)22/h10-16H,3-9H2,1-2H3. The summed E-state index contributed by atoms with van der Waals surface area (Å²) >= 11 is 0. The quantitative estimate of drug-likeness (QED) is 0.616. The lowest BCUT2D eigenvalue weighted by Gasteiger charge is -2.29. The van der Waals surface area contributed by atoms with Crippen molar-refractivity contribution < 1.29 is 9.13 Å². The third-order valence-corrected chi connectivity index (χ3v) is 5.25. The first-order chi connectivity index (χ1) is 11.2. The van der Waals surface area contributed by atoms with Crippen molar-refractivity contribution in [1.82, 2.24) is 0 Å². The Morgan fingerprint density at radius 1 is 1.04 bits per heavy atom. The van der Waals surface area contributed by atoms with Gasteiger partial charge >= 0.3 is 0 Å². The van der Waals surface area contributed by atoms with Crippen molar-refractivity contribution >= 4 is 10.8 Å². The van der Waals surface area contributed by atoms with E-state index in [1.807, 2.05) is 37.3 Å². The maximum Gasteiger partial charge on any atom is 0.134 e. The van der Waals surface area contributed by atoms with E-state index in [1.54, 1.807) is 0 Å². The maximum atomic E-state index is 15.0. The van der Waals surface area contributed by atoms with Crippen LogP contribution in [0.5, 0.6) is 5.75 Å². The Labute approximate surface area is 138 Å². The lowest BCUT2D eigenvalue weighted by atomic mass is 9.77. The summed E-state index contributed by atoms with van der Waals surface area (Å²) in [7, 11) is 0. The fourth-order valence-corrected chi connectivity index (χ4v) is 4.03. The van der Waals surface area contributed by atoms with Crippen LogP contribution >= 0.6 is 0 Å². The van der Waals surface area contributed by atoms with Crippen molar-refractivity contribution in [2.24, 2.45) is 5.92 Å². The molecule has 0 heterocycles. The second-order valence-electron chi connectivity index (χ2n) is 6.79. The third-order valence-electron chi connectivity index (χ3n) is 5.25. The van der Waals surface area contributed by atoms with Crippen LogP contribution in [-0.4, -0.2) is 6.61 Å². The normalized spacial score (nSPS) is 21.5. The van der Waals surface area contributed by atoms with E-state index < -0.39 is 0 Å². The molecule has 0 aromatic heterocycles. The fourth-order valence-electron chi connectivity index (χ4n) is 4.03. The summed E-state index contributed by atoms with van der Waals surface area (Å²) in [5.74, 6) is 2.03. The molecule has 1 aliphatic rings. The topological polar surface area (TPSA) is 9.23 Å². The maximum absolute atomic E-state index is 15.0. The van der Waals surface area contributed by atoms with Gasteiger partial charge in [-0.2, -0.15) is 0 Å². The molecule has 3 rings (SSSR count). The zero-order valence-corrected chi connectivity index (χ0v) is 14.3. The molecule has 1 nitrogen and oxygen atoms in total. The van der Waals surface area contributed by atoms with Crippen LogP contribution in [0.25, 0.3) is 10.8 Å². The molecule has 0 aliphatic heterocycles. The van der Waals surface area contributed by atoms with Gasteiger partial charge in [-0.1, -0.05) is 31.9 Å². The highest BCUT2D eigenvalue weighted by molar-refractivity contribution is 5.85. The van der Waals surface area contributed by atoms with E-state index in [4.69, 9.17) is 4.74 Å². The zero-order chi connectivity index (χ0) is 16.2. The zero-order valence-electron chi connectivity index (χ0n) is 14.3. The smallest absolute Gasteiger partial charge is 0.134 e. The van der Waals surface area contributed by atoms with E-state index in [9.17, 15) is 4.39 Å². The lowest BCUT2D eigenvalue weighted by molar-refractivity contribution is 0.305. The van der Waals surface area contributed by atoms with Gasteiger partial charge < -0.3 is 4.74 Å². The first-order valence-corrected chi connectivity index (χ1v) is 9.07. The predicted octanol–water partition coefficient (Wildman–Crippen LogP) is 6.45. The SMILES string of the molecule is CCCC1CCC(c2ccc3cc(OCC)ccc3c2F)CC1. The van der Waals surface area contributed by atoms with Gasteiger partial charge in [0.1, 0.15) is 11.6 Å². The monoisotopic (exact) mass is 314 g/mol. The molecule has 0 amide bonds. The number of fused-ring (bicyclic) bond motifs is 1. The average molecular weight is 314 g/mol. The van der Waals surface area contributed by atoms with E-state index in [-0.39, 0.29) is 5.82 Å². The molecular weight excluding hydrogens is 287 g/mol. The van der Waals surface area contributed by atoms with E-state index >= 15 is 0 Å². The molecule has 0 atom stereocenters. The summed E-state index contributed by atoms with van der Waals surface area (Å²) in [4.78, 5) is 0. The molecule has 2 heteroatoms. The minimum absolute atomic E-state index is 0.0236. The molecule has 23 heavy (non-hydrogen) atoms. The van der Waals surface area contributed by atoms with Gasteiger partial charge in [0.25, 0.3) is 0 Å². The summed E-state index contributed by atoms with van der Waals surface area (Å²) in [6.45, 7) is 4.85. The number of rotatable bonds is 5. The Kier molecular flexibility index (Phi) is 5.20. The van der Waals surface area contributed by atoms with E-state index in [1.165, 1.54) is 25.7 Å². The van der Waals surface area contributed by atoms with Crippen molar-refractivity contribution in [2.45, 2.75) is 58.3 Å². The van der Waals surface area contributed by atoms with Crippen LogP contribution in [-0.2, 0) is 0 Å². The lowest BCUT2D eigenvalue weighted by Crippen LogP contribution is -2.14. The first-order valence-electron chi connectivity index (χ1n) is 9.07. The minimum Gasteiger partial charge on any atom is -0.494 e. The van der Waals surface area contributed by atoms with Gasteiger partial charge in [-0.3, -0.25) is 0 Å². The first kappa shape index (κ1) is 16.3. The van der Waals surface area contributed by atoms with Crippen molar-refractivity contribution in [2.75, 3.05) is 6.61 Å². The Bertz CT molecular complexity index is 656. The van der Waals surface area contributed by atoms with Crippen LogP contribution in [0, 0.1) is 11.7 Å². The van der Waals surface area contributed by atoms with Crippen LogP contribution in [0.2, 0.25) is 0 Å². The van der Waals surface area contributed by atoms with Gasteiger partial charge in [0.15, 0.2) is 0 Å². The summed E-state index contributed by atoms with van der Waals surface area (Å²) < 4.78 is 20.5. The van der Waals surface area contributed by atoms with Crippen LogP contribution in [0.1, 0.15) is 63.9 Å². The molecule has 0 spiro atoms. The second kappa shape index (κ2) is 7.33. The second-order valence-corrected chi connectivity index (χ2v) is 6.79. The Balaban J connectivity index is 1.82. The summed E-state index contributed by atoms with van der Waals surface area (Å²) in [5, 5.41) is 1.65. The average Bonchev–Trinajstić information content (AvgIpc) is 2.57. The fraction of sp³-hybridized carbons (Fsp3) is 0.524. The summed E-state index contributed by atoms with van der Waals surface area (Å²) in [6, 6.07) is 9.72. The largest absolute Gasteiger partial charge is 0.494 e. The highest BCUT2D eigenvalue weighted by atomic mass is 19.1. The van der Waals surface area contributed by atoms with E-state index in [2.05, 4.69) is 6.92 Å². The van der Waals surface area contributed by atoms with Crippen molar-refractivity contribution in [1.29, 1.82) is 0 Å². The Morgan fingerprint density at radius 3 is 2.52 bits per heavy atom. The third kappa shape index (κ3) is 3.52. The number of ether oxygens (including phenoxy) is 1. The van der Waals surface area contributed by atoms with Gasteiger partial charge in [-0.15, -0.1) is 0 Å². The molecule has 1 fully saturated rings. The predicted molar refractivity (Wildman–Crippen MR) is 94.7 cm³/mol. The number of hydrogen-bond acceptors (Lipinski definition) is 1. The van der Waals surface area contributed by atoms with Crippen LogP contribution in [0.4, 0.5) is 4.39 Å². The van der Waals surface area contributed by atoms with Crippen molar-refractivity contribution in [3.8, 4) is 5.75 Å². The summed E-state index contributed by atoms with van der Waals surface area (Å²) in [6.07, 6.45) is 7.35. The van der Waals surface area contributed by atoms with Crippen LogP contribution in [0.3, 0.4) is 0 Å². The van der Waals surface area contributed by atoms with Gasteiger partial charge in [-0.05, 0) is 73.6 Å². The molecule has 1 aliphatic carbocycles. The van der Waals surface area contributed by atoms with E-state index in [0.717, 1.165) is 40.8 Å². The Hall–Kier alpha value is -1.57. The van der Waals surface area contributed by atoms with Gasteiger partial charge in [-0.25, -0.2) is 4.39 Å². The minimum atomic E-state index is -0.0236. The van der Waals surface area contributed by atoms with Crippen LogP contribution in [0.15, 0.2) is 30.3 Å². The Morgan fingerprint density at radius 2 is 1.83 bits per heavy atom.